The highest BCUT2D eigenvalue weighted by Crippen LogP contribution is 2.31. The van der Waals surface area contributed by atoms with Crippen molar-refractivity contribution in [1.82, 2.24) is 0 Å². The molecule has 0 heterocycles. The highest BCUT2D eigenvalue weighted by molar-refractivity contribution is 5.72. The normalized spacial score (nSPS) is 12.5. The predicted molar refractivity (Wildman–Crippen MR) is 91.7 cm³/mol. The van der Waals surface area contributed by atoms with Crippen LogP contribution in [0.4, 0.5) is 0 Å². The van der Waals surface area contributed by atoms with Crippen molar-refractivity contribution in [3.05, 3.63) is 65.7 Å². The van der Waals surface area contributed by atoms with Crippen LogP contribution in [0, 0.1) is 0 Å². The topological polar surface area (TPSA) is 35.5 Å². The van der Waals surface area contributed by atoms with Crippen LogP contribution in [0.15, 0.2) is 54.6 Å². The van der Waals surface area contributed by atoms with E-state index < -0.39 is 5.60 Å². The van der Waals surface area contributed by atoms with E-state index in [0.717, 1.165) is 16.9 Å². The van der Waals surface area contributed by atoms with E-state index in [0.29, 0.717) is 6.42 Å². The SMILES string of the molecule is COc1cccc([C@@H](CC(=O)OC(C)(C)C)c2ccccc2)c1. The maximum Gasteiger partial charge on any atom is 0.307 e. The molecule has 0 saturated heterocycles. The summed E-state index contributed by atoms with van der Waals surface area (Å²) in [7, 11) is 1.64. The molecule has 0 unspecified atom stereocenters. The summed E-state index contributed by atoms with van der Waals surface area (Å²) in [5.41, 5.74) is 1.65. The zero-order chi connectivity index (χ0) is 16.9. The van der Waals surface area contributed by atoms with Crippen LogP contribution < -0.4 is 4.74 Å². The molecule has 1 atom stereocenters. The van der Waals surface area contributed by atoms with Crippen LogP contribution in [0.1, 0.15) is 44.2 Å². The van der Waals surface area contributed by atoms with E-state index in [1.54, 1.807) is 7.11 Å². The third-order valence-corrected chi connectivity index (χ3v) is 3.49. The van der Waals surface area contributed by atoms with Crippen LogP contribution in [0.25, 0.3) is 0 Å². The maximum absolute atomic E-state index is 12.3. The van der Waals surface area contributed by atoms with Crippen LogP contribution in [-0.2, 0) is 9.53 Å². The minimum absolute atomic E-state index is 0.0545. The van der Waals surface area contributed by atoms with E-state index in [2.05, 4.69) is 0 Å². The quantitative estimate of drug-likeness (QED) is 0.759. The molecule has 0 saturated carbocycles. The van der Waals surface area contributed by atoms with Crippen LogP contribution in [0.5, 0.6) is 5.75 Å². The molecule has 0 amide bonds. The summed E-state index contributed by atoms with van der Waals surface area (Å²) in [4.78, 5) is 12.3. The first-order chi connectivity index (χ1) is 10.9. The van der Waals surface area contributed by atoms with Gasteiger partial charge in [0, 0.05) is 5.92 Å². The van der Waals surface area contributed by atoms with Crippen molar-refractivity contribution in [3.8, 4) is 5.75 Å². The number of carbonyl (C=O) groups is 1. The largest absolute Gasteiger partial charge is 0.497 e. The van der Waals surface area contributed by atoms with Crippen molar-refractivity contribution in [2.24, 2.45) is 0 Å². The van der Waals surface area contributed by atoms with Gasteiger partial charge in [-0.3, -0.25) is 4.79 Å². The molecule has 0 aliphatic carbocycles. The molecule has 3 nitrogen and oxygen atoms in total. The molecule has 0 fully saturated rings. The van der Waals surface area contributed by atoms with Gasteiger partial charge in [0.2, 0.25) is 0 Å². The second-order valence-electron chi connectivity index (χ2n) is 6.53. The molecule has 2 rings (SSSR count). The number of hydrogen-bond acceptors (Lipinski definition) is 3. The lowest BCUT2D eigenvalue weighted by atomic mass is 9.88. The van der Waals surface area contributed by atoms with Gasteiger partial charge in [-0.25, -0.2) is 0 Å². The second-order valence-corrected chi connectivity index (χ2v) is 6.53. The second kappa shape index (κ2) is 7.32. The van der Waals surface area contributed by atoms with Crippen molar-refractivity contribution in [2.45, 2.75) is 38.7 Å². The van der Waals surface area contributed by atoms with Crippen LogP contribution in [0.2, 0.25) is 0 Å². The van der Waals surface area contributed by atoms with Gasteiger partial charge in [0.15, 0.2) is 0 Å². The first-order valence-corrected chi connectivity index (χ1v) is 7.80. The fourth-order valence-corrected chi connectivity index (χ4v) is 2.52. The summed E-state index contributed by atoms with van der Waals surface area (Å²) in [6, 6.07) is 17.8. The molecular formula is C20H24O3. The Morgan fingerprint density at radius 2 is 1.65 bits per heavy atom. The highest BCUT2D eigenvalue weighted by atomic mass is 16.6. The Balaban J connectivity index is 2.31. The molecular weight excluding hydrogens is 288 g/mol. The Kier molecular flexibility index (Phi) is 5.43. The molecule has 0 aromatic heterocycles. The molecule has 23 heavy (non-hydrogen) atoms. The van der Waals surface area contributed by atoms with Crippen molar-refractivity contribution in [1.29, 1.82) is 0 Å². The summed E-state index contributed by atoms with van der Waals surface area (Å²) >= 11 is 0. The molecule has 0 radical (unpaired) electrons. The average molecular weight is 312 g/mol. The van der Waals surface area contributed by atoms with Gasteiger partial charge in [-0.15, -0.1) is 0 Å². The maximum atomic E-state index is 12.3. The van der Waals surface area contributed by atoms with Gasteiger partial charge in [-0.05, 0) is 44.0 Å². The van der Waals surface area contributed by atoms with E-state index in [9.17, 15) is 4.79 Å². The lowest BCUT2D eigenvalue weighted by Gasteiger charge is -2.23. The number of ether oxygens (including phenoxy) is 2. The molecule has 0 aliphatic heterocycles. The number of benzene rings is 2. The van der Waals surface area contributed by atoms with Crippen molar-refractivity contribution >= 4 is 5.97 Å². The van der Waals surface area contributed by atoms with Crippen molar-refractivity contribution in [2.75, 3.05) is 7.11 Å². The average Bonchev–Trinajstić information content (AvgIpc) is 2.52. The number of rotatable bonds is 5. The molecule has 0 bridgehead atoms. The minimum Gasteiger partial charge on any atom is -0.497 e. The molecule has 0 spiro atoms. The first-order valence-electron chi connectivity index (χ1n) is 7.80. The first kappa shape index (κ1) is 17.1. The van der Waals surface area contributed by atoms with Gasteiger partial charge in [-0.1, -0.05) is 42.5 Å². The summed E-state index contributed by atoms with van der Waals surface area (Å²) in [6.07, 6.45) is 0.300. The third-order valence-electron chi connectivity index (χ3n) is 3.49. The molecule has 3 heteroatoms. The molecule has 0 N–H and O–H groups in total. The fourth-order valence-electron chi connectivity index (χ4n) is 2.52. The Hall–Kier alpha value is -2.29. The van der Waals surface area contributed by atoms with Gasteiger partial charge < -0.3 is 9.47 Å². The molecule has 122 valence electrons. The number of esters is 1. The fraction of sp³-hybridized carbons (Fsp3) is 0.350. The smallest absolute Gasteiger partial charge is 0.307 e. The van der Waals surface area contributed by atoms with Gasteiger partial charge >= 0.3 is 5.97 Å². The van der Waals surface area contributed by atoms with Crippen LogP contribution in [-0.4, -0.2) is 18.7 Å². The number of carbonyl (C=O) groups excluding carboxylic acids is 1. The Bertz CT molecular complexity index is 641. The van der Waals surface area contributed by atoms with Crippen LogP contribution >= 0.6 is 0 Å². The predicted octanol–water partition coefficient (Wildman–Crippen LogP) is 4.56. The Morgan fingerprint density at radius 1 is 1.00 bits per heavy atom. The molecule has 2 aromatic carbocycles. The van der Waals surface area contributed by atoms with E-state index in [1.165, 1.54) is 0 Å². The summed E-state index contributed by atoms with van der Waals surface area (Å²) in [6.45, 7) is 5.65. The monoisotopic (exact) mass is 312 g/mol. The highest BCUT2D eigenvalue weighted by Gasteiger charge is 2.23. The third kappa shape index (κ3) is 5.13. The zero-order valence-corrected chi connectivity index (χ0v) is 14.2. The summed E-state index contributed by atoms with van der Waals surface area (Å²) in [5.74, 6) is 0.531. The molecule has 2 aromatic rings. The van der Waals surface area contributed by atoms with E-state index in [4.69, 9.17) is 9.47 Å². The summed E-state index contributed by atoms with van der Waals surface area (Å²) < 4.78 is 10.8. The Morgan fingerprint density at radius 3 is 2.26 bits per heavy atom. The lowest BCUT2D eigenvalue weighted by Crippen LogP contribution is -2.25. The van der Waals surface area contributed by atoms with Gasteiger partial charge in [0.25, 0.3) is 0 Å². The summed E-state index contributed by atoms with van der Waals surface area (Å²) in [5, 5.41) is 0. The van der Waals surface area contributed by atoms with Crippen LogP contribution in [0.3, 0.4) is 0 Å². The van der Waals surface area contributed by atoms with E-state index in [-0.39, 0.29) is 11.9 Å². The van der Waals surface area contributed by atoms with E-state index >= 15 is 0 Å². The van der Waals surface area contributed by atoms with Gasteiger partial charge in [0.1, 0.15) is 11.4 Å². The number of hydrogen-bond donors (Lipinski definition) is 0. The van der Waals surface area contributed by atoms with Gasteiger partial charge in [-0.2, -0.15) is 0 Å². The Labute approximate surface area is 138 Å². The minimum atomic E-state index is -0.479. The zero-order valence-electron chi connectivity index (χ0n) is 14.2. The van der Waals surface area contributed by atoms with Gasteiger partial charge in [0.05, 0.1) is 13.5 Å². The van der Waals surface area contributed by atoms with Crippen molar-refractivity contribution < 1.29 is 14.3 Å². The standard InChI is InChI=1S/C20H24O3/c1-20(2,3)23-19(21)14-18(15-9-6-5-7-10-15)16-11-8-12-17(13-16)22-4/h5-13,18H,14H2,1-4H3/t18-/m0/s1. The van der Waals surface area contributed by atoms with Crippen molar-refractivity contribution in [3.63, 3.8) is 0 Å². The van der Waals surface area contributed by atoms with E-state index in [1.807, 2.05) is 75.4 Å². The molecule has 0 aliphatic rings. The lowest BCUT2D eigenvalue weighted by molar-refractivity contribution is -0.155. The number of methoxy groups -OCH3 is 1.